The maximum Gasteiger partial charge on any atom is 0.283 e. The van der Waals surface area contributed by atoms with E-state index in [0.29, 0.717) is 29.3 Å². The van der Waals surface area contributed by atoms with Crippen molar-refractivity contribution < 1.29 is 18.0 Å². The predicted octanol–water partition coefficient (Wildman–Crippen LogP) is 2.81. The summed E-state index contributed by atoms with van der Waals surface area (Å²) < 4.78 is 40.4. The molecule has 10 nitrogen and oxygen atoms in total. The maximum atomic E-state index is 13.5. The Kier molecular flexibility index (Phi) is 5.54. The lowest BCUT2D eigenvalue weighted by Crippen LogP contribution is -2.21. The Morgan fingerprint density at radius 3 is 2.68 bits per heavy atom. The molecule has 0 aliphatic rings. The summed E-state index contributed by atoms with van der Waals surface area (Å²) in [6, 6.07) is 10.4. The number of nitrogens with zero attached hydrogens (tertiary/aromatic N) is 7. The minimum atomic E-state index is -0.711. The van der Waals surface area contributed by atoms with Gasteiger partial charge >= 0.3 is 0 Å². The van der Waals surface area contributed by atoms with E-state index < -0.39 is 17.2 Å². The van der Waals surface area contributed by atoms with E-state index in [1.54, 1.807) is 6.07 Å². The van der Waals surface area contributed by atoms with Gasteiger partial charge in [-0.1, -0.05) is 22.5 Å². The fraction of sp³-hybridized carbons (Fsp3) is 0.182. The lowest BCUT2D eigenvalue weighted by atomic mass is 10.2. The van der Waals surface area contributed by atoms with Crippen molar-refractivity contribution in [2.24, 2.45) is 0 Å². The molecule has 172 valence electrons. The smallest absolute Gasteiger partial charge is 0.283 e. The Bertz CT molecular complexity index is 1520. The first-order valence-corrected chi connectivity index (χ1v) is 10.3. The monoisotopic (exact) mass is 465 g/mol. The van der Waals surface area contributed by atoms with Crippen LogP contribution >= 0.6 is 0 Å². The van der Waals surface area contributed by atoms with Crippen LogP contribution in [0.25, 0.3) is 22.6 Å². The van der Waals surface area contributed by atoms with Gasteiger partial charge in [0.1, 0.15) is 30.3 Å². The van der Waals surface area contributed by atoms with Gasteiger partial charge in [-0.2, -0.15) is 4.98 Å². The van der Waals surface area contributed by atoms with Crippen molar-refractivity contribution in [1.82, 2.24) is 34.7 Å². The van der Waals surface area contributed by atoms with Crippen molar-refractivity contribution in [2.45, 2.75) is 20.0 Å². The lowest BCUT2D eigenvalue weighted by Gasteiger charge is -2.06. The second-order valence-corrected chi connectivity index (χ2v) is 7.32. The molecule has 0 N–H and O–H groups in total. The summed E-state index contributed by atoms with van der Waals surface area (Å²) in [7, 11) is 0. The molecule has 0 aliphatic heterocycles. The standard InChI is InChI=1S/C22H17F2N7O3/c1-2-33-17-6-4-3-5-16(17)20-26-18(34-28-20)11-30-12-25-21-19(22(30)32)27-29-31(21)10-13-7-14(23)9-15(24)8-13/h3-9,12H,2,10-11H2,1H3. The molecular weight excluding hydrogens is 448 g/mol. The summed E-state index contributed by atoms with van der Waals surface area (Å²) >= 11 is 0. The zero-order valence-corrected chi connectivity index (χ0v) is 17.9. The quantitative estimate of drug-likeness (QED) is 0.361. The first-order chi connectivity index (χ1) is 16.5. The Morgan fingerprint density at radius 1 is 1.09 bits per heavy atom. The molecule has 5 rings (SSSR count). The number of ether oxygens (including phenoxy) is 1. The van der Waals surface area contributed by atoms with Crippen molar-refractivity contribution in [1.29, 1.82) is 0 Å². The fourth-order valence-corrected chi connectivity index (χ4v) is 3.49. The first kappa shape index (κ1) is 21.4. The molecule has 0 radical (unpaired) electrons. The van der Waals surface area contributed by atoms with Crippen LogP contribution in [0.5, 0.6) is 5.75 Å². The highest BCUT2D eigenvalue weighted by molar-refractivity contribution is 5.68. The Labute approximate surface area is 190 Å². The topological polar surface area (TPSA) is 114 Å². The van der Waals surface area contributed by atoms with Crippen LogP contribution in [0.4, 0.5) is 8.78 Å². The van der Waals surface area contributed by atoms with E-state index in [9.17, 15) is 13.6 Å². The zero-order chi connectivity index (χ0) is 23.7. The van der Waals surface area contributed by atoms with Gasteiger partial charge in [0, 0.05) is 6.07 Å². The molecular formula is C22H17F2N7O3. The highest BCUT2D eigenvalue weighted by Crippen LogP contribution is 2.27. The molecule has 0 saturated heterocycles. The number of para-hydroxylation sites is 1. The Balaban J connectivity index is 1.41. The number of benzene rings is 2. The third kappa shape index (κ3) is 4.12. The van der Waals surface area contributed by atoms with Gasteiger partial charge in [0.2, 0.25) is 11.7 Å². The molecule has 0 amide bonds. The zero-order valence-electron chi connectivity index (χ0n) is 17.9. The van der Waals surface area contributed by atoms with E-state index in [2.05, 4.69) is 25.4 Å². The molecule has 34 heavy (non-hydrogen) atoms. The van der Waals surface area contributed by atoms with Gasteiger partial charge in [0.05, 0.1) is 18.7 Å². The Morgan fingerprint density at radius 2 is 1.88 bits per heavy atom. The van der Waals surface area contributed by atoms with E-state index in [1.807, 2.05) is 25.1 Å². The maximum absolute atomic E-state index is 13.5. The van der Waals surface area contributed by atoms with Crippen molar-refractivity contribution in [2.75, 3.05) is 6.61 Å². The second-order valence-electron chi connectivity index (χ2n) is 7.32. The second kappa shape index (κ2) is 8.81. The van der Waals surface area contributed by atoms with Gasteiger partial charge < -0.3 is 9.26 Å². The van der Waals surface area contributed by atoms with Crippen LogP contribution in [0.2, 0.25) is 0 Å². The van der Waals surface area contributed by atoms with E-state index in [4.69, 9.17) is 9.26 Å². The molecule has 0 aliphatic carbocycles. The number of fused-ring (bicyclic) bond motifs is 1. The summed E-state index contributed by atoms with van der Waals surface area (Å²) in [5.74, 6) is -0.288. The Hall–Kier alpha value is -4.48. The summed E-state index contributed by atoms with van der Waals surface area (Å²) in [5, 5.41) is 11.8. The minimum absolute atomic E-state index is 0.000746. The highest BCUT2D eigenvalue weighted by Gasteiger charge is 2.17. The van der Waals surface area contributed by atoms with Crippen LogP contribution in [0.1, 0.15) is 18.4 Å². The lowest BCUT2D eigenvalue weighted by molar-refractivity contribution is 0.340. The van der Waals surface area contributed by atoms with Gasteiger partial charge in [-0.25, -0.2) is 18.4 Å². The minimum Gasteiger partial charge on any atom is -0.493 e. The normalized spacial score (nSPS) is 11.3. The molecule has 0 atom stereocenters. The molecule has 5 aromatic rings. The SMILES string of the molecule is CCOc1ccccc1-c1noc(Cn2cnc3c(nnn3Cc3cc(F)cc(F)c3)c2=O)n1. The van der Waals surface area contributed by atoms with Crippen molar-refractivity contribution in [3.63, 3.8) is 0 Å². The molecule has 0 saturated carbocycles. The van der Waals surface area contributed by atoms with E-state index in [-0.39, 0.29) is 30.1 Å². The van der Waals surface area contributed by atoms with Crippen molar-refractivity contribution in [3.8, 4) is 17.1 Å². The molecule has 12 heteroatoms. The summed E-state index contributed by atoms with van der Waals surface area (Å²) in [6.45, 7) is 2.32. The third-order valence-corrected chi connectivity index (χ3v) is 4.95. The number of halogens is 2. The highest BCUT2D eigenvalue weighted by atomic mass is 19.1. The molecule has 0 unspecified atom stereocenters. The van der Waals surface area contributed by atoms with Gasteiger partial charge in [-0.05, 0) is 36.8 Å². The first-order valence-electron chi connectivity index (χ1n) is 10.3. The molecule has 3 aromatic heterocycles. The predicted molar refractivity (Wildman–Crippen MR) is 115 cm³/mol. The van der Waals surface area contributed by atoms with Gasteiger partial charge in [-0.15, -0.1) is 5.10 Å². The molecule has 0 fully saturated rings. The summed E-state index contributed by atoms with van der Waals surface area (Å²) in [6.07, 6.45) is 1.30. The molecule has 3 heterocycles. The van der Waals surface area contributed by atoms with Gasteiger partial charge in [0.15, 0.2) is 11.2 Å². The number of hydrogen-bond donors (Lipinski definition) is 0. The van der Waals surface area contributed by atoms with E-state index in [1.165, 1.54) is 27.7 Å². The van der Waals surface area contributed by atoms with Crippen molar-refractivity contribution in [3.05, 3.63) is 82.2 Å². The van der Waals surface area contributed by atoms with Crippen LogP contribution in [0.15, 0.2) is 58.1 Å². The van der Waals surface area contributed by atoms with Crippen molar-refractivity contribution >= 4 is 11.2 Å². The fourth-order valence-electron chi connectivity index (χ4n) is 3.49. The van der Waals surface area contributed by atoms with Crippen LogP contribution in [0.3, 0.4) is 0 Å². The summed E-state index contributed by atoms with van der Waals surface area (Å²) in [4.78, 5) is 21.5. The van der Waals surface area contributed by atoms with Gasteiger partial charge in [0.25, 0.3) is 5.56 Å². The van der Waals surface area contributed by atoms with Crippen LogP contribution in [-0.4, -0.2) is 41.3 Å². The van der Waals surface area contributed by atoms with Crippen LogP contribution in [0, 0.1) is 11.6 Å². The average Bonchev–Trinajstić information content (AvgIpc) is 3.43. The largest absolute Gasteiger partial charge is 0.493 e. The molecule has 0 bridgehead atoms. The van der Waals surface area contributed by atoms with Crippen LogP contribution < -0.4 is 10.3 Å². The number of aromatic nitrogens is 7. The molecule has 0 spiro atoms. The third-order valence-electron chi connectivity index (χ3n) is 4.95. The van der Waals surface area contributed by atoms with Gasteiger partial charge in [-0.3, -0.25) is 9.36 Å². The van der Waals surface area contributed by atoms with E-state index in [0.717, 1.165) is 6.07 Å². The molecule has 2 aromatic carbocycles. The summed E-state index contributed by atoms with van der Waals surface area (Å²) in [5.41, 5.74) is 0.692. The average molecular weight is 465 g/mol. The van der Waals surface area contributed by atoms with Crippen LogP contribution in [-0.2, 0) is 13.1 Å². The number of rotatable bonds is 7. The van der Waals surface area contributed by atoms with E-state index >= 15 is 0 Å². The number of hydrogen-bond acceptors (Lipinski definition) is 8.